The summed E-state index contributed by atoms with van der Waals surface area (Å²) in [6, 6.07) is 5.79. The smallest absolute Gasteiger partial charge is 0.140 e. The van der Waals surface area contributed by atoms with Crippen LogP contribution < -0.4 is 4.74 Å². The summed E-state index contributed by atoms with van der Waals surface area (Å²) in [5.41, 5.74) is 1.01. The minimum absolute atomic E-state index is 0.0578. The van der Waals surface area contributed by atoms with E-state index in [-0.39, 0.29) is 5.92 Å². The topological polar surface area (TPSA) is 26.3 Å². The monoisotopic (exact) mass is 254 g/mol. The van der Waals surface area contributed by atoms with E-state index in [2.05, 4.69) is 15.9 Å². The maximum Gasteiger partial charge on any atom is 0.140 e. The van der Waals surface area contributed by atoms with Crippen molar-refractivity contribution in [3.05, 3.63) is 28.2 Å². The average Bonchev–Trinajstić information content (AvgIpc) is 2.16. The highest BCUT2D eigenvalue weighted by molar-refractivity contribution is 9.10. The Bertz CT molecular complexity index is 374. The molecule has 0 aromatic heterocycles. The van der Waals surface area contributed by atoms with E-state index in [0.717, 1.165) is 22.2 Å². The van der Waals surface area contributed by atoms with E-state index >= 15 is 0 Å². The van der Waals surface area contributed by atoms with Crippen LogP contribution in [0.1, 0.15) is 24.3 Å². The van der Waals surface area contributed by atoms with Gasteiger partial charge in [0.05, 0.1) is 7.11 Å². The van der Waals surface area contributed by atoms with E-state index < -0.39 is 0 Å². The van der Waals surface area contributed by atoms with Gasteiger partial charge in [-0.3, -0.25) is 4.79 Å². The first-order valence-electron chi connectivity index (χ1n) is 4.58. The quantitative estimate of drug-likeness (QED) is 0.812. The zero-order valence-electron chi connectivity index (χ0n) is 7.92. The molecular weight excluding hydrogens is 244 g/mol. The van der Waals surface area contributed by atoms with Crippen LogP contribution in [0.15, 0.2) is 22.7 Å². The van der Waals surface area contributed by atoms with Crippen molar-refractivity contribution in [2.24, 2.45) is 0 Å². The highest BCUT2D eigenvalue weighted by Crippen LogP contribution is 2.39. The van der Waals surface area contributed by atoms with E-state index in [1.54, 1.807) is 7.11 Å². The van der Waals surface area contributed by atoms with E-state index in [0.29, 0.717) is 12.2 Å². The molecule has 0 amide bonds. The predicted molar refractivity (Wildman–Crippen MR) is 57.7 cm³/mol. The van der Waals surface area contributed by atoms with Crippen molar-refractivity contribution < 1.29 is 9.53 Å². The highest BCUT2D eigenvalue weighted by atomic mass is 79.9. The zero-order valence-corrected chi connectivity index (χ0v) is 9.50. The molecule has 0 radical (unpaired) electrons. The number of hydrogen-bond donors (Lipinski definition) is 0. The van der Waals surface area contributed by atoms with Crippen molar-refractivity contribution in [1.82, 2.24) is 0 Å². The fourth-order valence-corrected chi connectivity index (χ4v) is 2.09. The molecule has 1 aromatic rings. The van der Waals surface area contributed by atoms with Crippen molar-refractivity contribution in [1.29, 1.82) is 0 Å². The number of ketones is 1. The van der Waals surface area contributed by atoms with Crippen molar-refractivity contribution in [3.63, 3.8) is 0 Å². The van der Waals surface area contributed by atoms with Crippen molar-refractivity contribution in [3.8, 4) is 5.75 Å². The van der Waals surface area contributed by atoms with E-state index in [1.165, 1.54) is 0 Å². The van der Waals surface area contributed by atoms with Crippen LogP contribution in [-0.2, 0) is 4.79 Å². The molecule has 1 aliphatic carbocycles. The number of ether oxygens (including phenoxy) is 1. The van der Waals surface area contributed by atoms with E-state index in [4.69, 9.17) is 4.74 Å². The lowest BCUT2D eigenvalue weighted by Crippen LogP contribution is -2.23. The SMILES string of the molecule is COc1ccc(Br)cc1[C@H]1CCC1=O. The third-order valence-electron chi connectivity index (χ3n) is 2.64. The molecule has 14 heavy (non-hydrogen) atoms. The van der Waals surface area contributed by atoms with Gasteiger partial charge in [-0.25, -0.2) is 0 Å². The van der Waals surface area contributed by atoms with E-state index in [9.17, 15) is 4.79 Å². The van der Waals surface area contributed by atoms with Crippen LogP contribution in [-0.4, -0.2) is 12.9 Å². The van der Waals surface area contributed by atoms with Crippen molar-refractivity contribution in [2.45, 2.75) is 18.8 Å². The van der Waals surface area contributed by atoms with Gasteiger partial charge < -0.3 is 4.74 Å². The lowest BCUT2D eigenvalue weighted by atomic mass is 9.78. The predicted octanol–water partition coefficient (Wildman–Crippen LogP) is 2.90. The Morgan fingerprint density at radius 2 is 2.29 bits per heavy atom. The molecule has 2 nitrogen and oxygen atoms in total. The molecule has 1 aliphatic rings. The Balaban J connectivity index is 2.39. The first kappa shape index (κ1) is 9.71. The van der Waals surface area contributed by atoms with Crippen LogP contribution in [0.2, 0.25) is 0 Å². The van der Waals surface area contributed by atoms with Gasteiger partial charge in [-0.05, 0) is 24.6 Å². The fraction of sp³-hybridized carbons (Fsp3) is 0.364. The fourth-order valence-electron chi connectivity index (χ4n) is 1.71. The Morgan fingerprint density at radius 3 is 2.79 bits per heavy atom. The summed E-state index contributed by atoms with van der Waals surface area (Å²) in [5.74, 6) is 1.19. The number of hydrogen-bond acceptors (Lipinski definition) is 2. The Labute approximate surface area is 91.4 Å². The largest absolute Gasteiger partial charge is 0.496 e. The second-order valence-corrected chi connectivity index (χ2v) is 4.36. The summed E-state index contributed by atoms with van der Waals surface area (Å²) in [4.78, 5) is 11.3. The van der Waals surface area contributed by atoms with Gasteiger partial charge in [0.1, 0.15) is 11.5 Å². The normalized spacial score (nSPS) is 20.4. The average molecular weight is 255 g/mol. The molecule has 1 aromatic carbocycles. The summed E-state index contributed by atoms with van der Waals surface area (Å²) in [7, 11) is 1.63. The number of carbonyl (C=O) groups is 1. The summed E-state index contributed by atoms with van der Waals surface area (Å²) in [6.45, 7) is 0. The lowest BCUT2D eigenvalue weighted by molar-refractivity contribution is -0.125. The van der Waals surface area contributed by atoms with Crippen LogP contribution in [0.25, 0.3) is 0 Å². The second kappa shape index (κ2) is 3.73. The Hall–Kier alpha value is -0.830. The zero-order chi connectivity index (χ0) is 10.1. The molecule has 0 aliphatic heterocycles. The number of carbonyl (C=O) groups excluding carboxylic acids is 1. The first-order valence-corrected chi connectivity index (χ1v) is 5.38. The molecule has 0 saturated heterocycles. The Morgan fingerprint density at radius 1 is 1.50 bits per heavy atom. The molecule has 0 unspecified atom stereocenters. The standard InChI is InChI=1S/C11H11BrO2/c1-14-11-5-2-7(12)6-9(11)8-3-4-10(8)13/h2,5-6,8H,3-4H2,1H3/t8-/m1/s1. The molecule has 3 heteroatoms. The number of benzene rings is 1. The molecule has 1 saturated carbocycles. The molecule has 1 fully saturated rings. The van der Waals surface area contributed by atoms with Gasteiger partial charge in [0.15, 0.2) is 0 Å². The van der Waals surface area contributed by atoms with Gasteiger partial charge in [-0.2, -0.15) is 0 Å². The van der Waals surface area contributed by atoms with Gasteiger partial charge in [-0.15, -0.1) is 0 Å². The maximum atomic E-state index is 11.3. The molecule has 2 rings (SSSR count). The van der Waals surface area contributed by atoms with Crippen LogP contribution in [0.4, 0.5) is 0 Å². The summed E-state index contributed by atoms with van der Waals surface area (Å²) >= 11 is 3.40. The van der Waals surface area contributed by atoms with Gasteiger partial charge >= 0.3 is 0 Å². The Kier molecular flexibility index (Phi) is 2.59. The van der Waals surface area contributed by atoms with Crippen LogP contribution >= 0.6 is 15.9 Å². The molecule has 0 N–H and O–H groups in total. The molecule has 74 valence electrons. The summed E-state index contributed by atoms with van der Waals surface area (Å²) in [6.07, 6.45) is 1.66. The van der Waals surface area contributed by atoms with Crippen molar-refractivity contribution in [2.75, 3.05) is 7.11 Å². The highest BCUT2D eigenvalue weighted by Gasteiger charge is 2.31. The lowest BCUT2D eigenvalue weighted by Gasteiger charge is -2.25. The summed E-state index contributed by atoms with van der Waals surface area (Å²) in [5, 5.41) is 0. The van der Waals surface area contributed by atoms with Crippen molar-refractivity contribution >= 4 is 21.7 Å². The number of halogens is 1. The number of Topliss-reactive ketones (excluding diaryl/α,β-unsaturated/α-hetero) is 1. The molecule has 0 bridgehead atoms. The van der Waals surface area contributed by atoms with Crippen LogP contribution in [0.5, 0.6) is 5.75 Å². The molecule has 1 atom stereocenters. The van der Waals surface area contributed by atoms with E-state index in [1.807, 2.05) is 18.2 Å². The minimum atomic E-state index is 0.0578. The third-order valence-corrected chi connectivity index (χ3v) is 3.13. The van der Waals surface area contributed by atoms with Gasteiger partial charge in [-0.1, -0.05) is 15.9 Å². The molecule has 0 spiro atoms. The van der Waals surface area contributed by atoms with Crippen LogP contribution in [0, 0.1) is 0 Å². The van der Waals surface area contributed by atoms with Gasteiger partial charge in [0.2, 0.25) is 0 Å². The summed E-state index contributed by atoms with van der Waals surface area (Å²) < 4.78 is 6.23. The number of rotatable bonds is 2. The van der Waals surface area contributed by atoms with Gasteiger partial charge in [0, 0.05) is 22.4 Å². The third kappa shape index (κ3) is 1.57. The van der Waals surface area contributed by atoms with Crippen LogP contribution in [0.3, 0.4) is 0 Å². The first-order chi connectivity index (χ1) is 6.72. The van der Waals surface area contributed by atoms with Gasteiger partial charge in [0.25, 0.3) is 0 Å². The second-order valence-electron chi connectivity index (χ2n) is 3.44. The number of methoxy groups -OCH3 is 1. The maximum absolute atomic E-state index is 11.3. The molecular formula is C11H11BrO2. The molecule has 0 heterocycles. The minimum Gasteiger partial charge on any atom is -0.496 e.